The predicted molar refractivity (Wildman–Crippen MR) is 315 cm³/mol. The van der Waals surface area contributed by atoms with Gasteiger partial charge in [0, 0.05) is 19.8 Å². The highest BCUT2D eigenvalue weighted by atomic mass is 16.8. The molecule has 0 bridgehead atoms. The van der Waals surface area contributed by atoms with Crippen molar-refractivity contribution < 1.29 is 104 Å². The van der Waals surface area contributed by atoms with Gasteiger partial charge in [-0.05, 0) is 19.3 Å². The van der Waals surface area contributed by atoms with Crippen LogP contribution < -0.4 is 10.6 Å². The minimum Gasteiger partial charge on any atom is -0.477 e. The van der Waals surface area contributed by atoms with Crippen LogP contribution in [0.15, 0.2) is 12.2 Å². The van der Waals surface area contributed by atoms with Gasteiger partial charge in [0.2, 0.25) is 11.8 Å². The maximum absolute atomic E-state index is 13.4. The van der Waals surface area contributed by atoms with Gasteiger partial charge in [0.25, 0.3) is 5.79 Å². The van der Waals surface area contributed by atoms with Gasteiger partial charge in [-0.15, -0.1) is 0 Å². The summed E-state index contributed by atoms with van der Waals surface area (Å²) in [7, 11) is 0. The Hall–Kier alpha value is -2.53. The molecule has 18 unspecified atom stereocenters. The van der Waals surface area contributed by atoms with Crippen molar-refractivity contribution in [2.45, 2.75) is 336 Å². The van der Waals surface area contributed by atoms with Crippen molar-refractivity contribution in [3.05, 3.63) is 12.2 Å². The molecule has 3 saturated heterocycles. The van der Waals surface area contributed by atoms with Crippen LogP contribution in [0.4, 0.5) is 0 Å². The summed E-state index contributed by atoms with van der Waals surface area (Å²) in [6.07, 6.45) is 10.0. The molecular weight excluding hydrogens is 1110 g/mol. The van der Waals surface area contributed by atoms with E-state index >= 15 is 0 Å². The van der Waals surface area contributed by atoms with Crippen LogP contribution in [0.25, 0.3) is 0 Å². The Balaban J connectivity index is 1.59. The number of carboxylic acids is 1. The molecule has 0 spiro atoms. The summed E-state index contributed by atoms with van der Waals surface area (Å²) in [6, 6.07) is -2.61. The number of aliphatic hydroxyl groups is 11. The zero-order valence-electron chi connectivity index (χ0n) is 51.5. The molecule has 0 aromatic rings. The number of carboxylic acid groups (broad SMARTS) is 1. The van der Waals surface area contributed by atoms with Gasteiger partial charge in [0.1, 0.15) is 67.1 Å². The number of carbonyl (C=O) groups excluding carboxylic acids is 2. The molecule has 0 radical (unpaired) electrons. The van der Waals surface area contributed by atoms with Gasteiger partial charge in [-0.2, -0.15) is 0 Å². The summed E-state index contributed by atoms with van der Waals surface area (Å²) in [5.41, 5.74) is 0. The molecule has 23 heteroatoms. The Kier molecular flexibility index (Phi) is 39.7. The largest absolute Gasteiger partial charge is 0.477 e. The van der Waals surface area contributed by atoms with Crippen LogP contribution >= 0.6 is 0 Å². The van der Waals surface area contributed by atoms with E-state index in [0.717, 1.165) is 51.9 Å². The Morgan fingerprint density at radius 2 is 1.09 bits per heavy atom. The monoisotopic (exact) mass is 1220 g/mol. The number of aliphatic hydroxyl groups excluding tert-OH is 11. The quantitative estimate of drug-likeness (QED) is 0.0298. The van der Waals surface area contributed by atoms with Crippen molar-refractivity contribution in [1.82, 2.24) is 10.6 Å². The molecule has 3 heterocycles. The van der Waals surface area contributed by atoms with Gasteiger partial charge in [-0.3, -0.25) is 9.59 Å². The van der Waals surface area contributed by atoms with Crippen LogP contribution in [0.1, 0.15) is 226 Å². The number of amides is 2. The molecular formula is C62H114N2O21. The van der Waals surface area contributed by atoms with Crippen LogP contribution in [0.2, 0.25) is 0 Å². The number of hydrogen-bond acceptors (Lipinski definition) is 20. The first-order valence-corrected chi connectivity index (χ1v) is 32.6. The molecule has 3 aliphatic rings. The van der Waals surface area contributed by atoms with E-state index in [2.05, 4.69) is 24.5 Å². The fraction of sp³-hybridized carbons (Fsp3) is 0.919. The number of carbonyl (C=O) groups is 3. The van der Waals surface area contributed by atoms with Crippen LogP contribution in [0, 0.1) is 0 Å². The van der Waals surface area contributed by atoms with Crippen molar-refractivity contribution >= 4 is 17.8 Å². The zero-order valence-corrected chi connectivity index (χ0v) is 51.5. The number of hydrogen-bond donors (Lipinski definition) is 14. The molecule has 3 aliphatic heterocycles. The maximum atomic E-state index is 13.4. The van der Waals surface area contributed by atoms with E-state index in [-0.39, 0.29) is 12.3 Å². The van der Waals surface area contributed by atoms with Crippen LogP contribution in [0.3, 0.4) is 0 Å². The van der Waals surface area contributed by atoms with Crippen molar-refractivity contribution in [1.29, 1.82) is 0 Å². The van der Waals surface area contributed by atoms with E-state index in [4.69, 9.17) is 28.4 Å². The Labute approximate surface area is 505 Å². The Morgan fingerprint density at radius 1 is 0.612 bits per heavy atom. The fourth-order valence-corrected chi connectivity index (χ4v) is 11.5. The fourth-order valence-electron chi connectivity index (χ4n) is 11.5. The molecule has 0 aromatic heterocycles. The Bertz CT molecular complexity index is 1790. The summed E-state index contributed by atoms with van der Waals surface area (Å²) in [6.45, 7) is 2.10. The SMILES string of the molecule is CCCCCCCCCC/C=C/C(O)C(COC1OC(CO)C(OC2OC(CO)C(O)C(OC3(C(=O)O)CC(O)C(NC(C)=O)C(C(O)C(O)CO)O3)C2O)C(O)C1O)NC(=O)CCCCCCCCCCCCCCCCCCCCCCC. The van der Waals surface area contributed by atoms with Crippen LogP contribution in [-0.4, -0.2) is 215 Å². The molecule has 18 atom stereocenters. The number of unbranched alkanes of at least 4 members (excludes halogenated alkanes) is 28. The Morgan fingerprint density at radius 3 is 1.56 bits per heavy atom. The molecule has 14 N–H and O–H groups in total. The lowest BCUT2D eigenvalue weighted by atomic mass is 9.88. The number of nitrogens with one attached hydrogen (secondary N) is 2. The molecule has 23 nitrogen and oxygen atoms in total. The van der Waals surface area contributed by atoms with Crippen molar-refractivity contribution in [3.8, 4) is 0 Å². The summed E-state index contributed by atoms with van der Waals surface area (Å²) in [5, 5.41) is 135. The third kappa shape index (κ3) is 27.6. The number of aliphatic carboxylic acids is 1. The highest BCUT2D eigenvalue weighted by molar-refractivity contribution is 5.77. The van der Waals surface area contributed by atoms with Gasteiger partial charge >= 0.3 is 5.97 Å². The van der Waals surface area contributed by atoms with Gasteiger partial charge in [-0.25, -0.2) is 4.79 Å². The third-order valence-corrected chi connectivity index (χ3v) is 16.7. The lowest BCUT2D eigenvalue weighted by molar-refractivity contribution is -0.386. The molecule has 498 valence electrons. The molecule has 0 aromatic carbocycles. The van der Waals surface area contributed by atoms with E-state index < -0.39 is 155 Å². The maximum Gasteiger partial charge on any atom is 0.364 e. The van der Waals surface area contributed by atoms with Gasteiger partial charge in [-0.1, -0.05) is 199 Å². The van der Waals surface area contributed by atoms with Gasteiger partial charge in [0.15, 0.2) is 12.6 Å². The van der Waals surface area contributed by atoms with Crippen molar-refractivity contribution in [3.63, 3.8) is 0 Å². The average molecular weight is 1220 g/mol. The van der Waals surface area contributed by atoms with Crippen LogP contribution in [-0.2, 0) is 42.8 Å². The summed E-state index contributed by atoms with van der Waals surface area (Å²) in [5.74, 6) is -6.14. The van der Waals surface area contributed by atoms with Crippen molar-refractivity contribution in [2.75, 3.05) is 26.4 Å². The van der Waals surface area contributed by atoms with E-state index in [9.17, 15) is 75.7 Å². The topological polar surface area (TPSA) is 373 Å². The van der Waals surface area contributed by atoms with Gasteiger partial charge < -0.3 is 100 Å². The van der Waals surface area contributed by atoms with E-state index in [1.54, 1.807) is 6.08 Å². The number of ether oxygens (including phenoxy) is 6. The van der Waals surface area contributed by atoms with Gasteiger partial charge in [0.05, 0.1) is 50.7 Å². The average Bonchev–Trinajstić information content (AvgIpc) is 3.51. The van der Waals surface area contributed by atoms with E-state index in [1.165, 1.54) is 135 Å². The second kappa shape index (κ2) is 44.0. The first kappa shape index (κ1) is 76.7. The normalized spacial score (nSPS) is 29.6. The second-order valence-electron chi connectivity index (χ2n) is 24.0. The first-order chi connectivity index (χ1) is 40.9. The highest BCUT2D eigenvalue weighted by Gasteiger charge is 2.60. The lowest BCUT2D eigenvalue weighted by Gasteiger charge is -2.50. The number of allylic oxidation sites excluding steroid dienone is 1. The smallest absolute Gasteiger partial charge is 0.364 e. The molecule has 3 fully saturated rings. The standard InChI is InChI=1S/C62H114N2O21/c1-4-6-8-10-12-14-16-17-18-19-20-21-22-23-24-25-26-28-30-32-34-36-49(72)64-43(44(69)35-33-31-29-27-15-13-11-9-7-5-2)41-80-59-54(76)53(75)56(48(40-67)82-59)83-60-55(77)58(52(74)47(39-66)81-60)85-62(61(78)79)37-45(70)50(63-42(3)68)57(84-62)51(73)46(71)38-65/h33,35,43-48,50-60,65-67,69-71,73-77H,4-32,34,36-41H2,1-3H3,(H,63,68)(H,64,72)(H,78,79)/b35-33+. The first-order valence-electron chi connectivity index (χ1n) is 32.6. The summed E-state index contributed by atoms with van der Waals surface area (Å²) in [4.78, 5) is 38.4. The minimum absolute atomic E-state index is 0.204. The number of rotatable bonds is 48. The molecule has 3 rings (SSSR count). The van der Waals surface area contributed by atoms with Crippen LogP contribution in [0.5, 0.6) is 0 Å². The van der Waals surface area contributed by atoms with E-state index in [0.29, 0.717) is 12.8 Å². The molecule has 0 saturated carbocycles. The zero-order chi connectivity index (χ0) is 62.6. The van der Waals surface area contributed by atoms with Crippen molar-refractivity contribution in [2.24, 2.45) is 0 Å². The summed E-state index contributed by atoms with van der Waals surface area (Å²) >= 11 is 0. The van der Waals surface area contributed by atoms with E-state index in [1.807, 2.05) is 6.08 Å². The lowest BCUT2D eigenvalue weighted by Crippen LogP contribution is -2.70. The molecule has 0 aliphatic carbocycles. The third-order valence-electron chi connectivity index (χ3n) is 16.7. The second-order valence-corrected chi connectivity index (χ2v) is 24.0. The minimum atomic E-state index is -3.08. The molecule has 85 heavy (non-hydrogen) atoms. The highest BCUT2D eigenvalue weighted by Crippen LogP contribution is 2.38. The molecule has 2 amide bonds. The predicted octanol–water partition coefficient (Wildman–Crippen LogP) is 4.34. The summed E-state index contributed by atoms with van der Waals surface area (Å²) < 4.78 is 34.7.